The smallest absolute Gasteiger partial charge is 0.403 e. The summed E-state index contributed by atoms with van der Waals surface area (Å²) in [5.74, 6) is -0.323. The second-order valence-corrected chi connectivity index (χ2v) is 5.26. The fraction of sp³-hybridized carbons (Fsp3) is 0.0769. The minimum Gasteiger partial charge on any atom is -0.403 e. The molecule has 2 heterocycles. The van der Waals surface area contributed by atoms with Crippen LogP contribution in [0.3, 0.4) is 0 Å². The summed E-state index contributed by atoms with van der Waals surface area (Å²) in [6, 6.07) is 7.61. The zero-order valence-electron chi connectivity index (χ0n) is 10.3. The first kappa shape index (κ1) is 14.1. The zero-order valence-corrected chi connectivity index (χ0v) is 12.5. The van der Waals surface area contributed by atoms with Gasteiger partial charge < -0.3 is 4.74 Å². The fourth-order valence-corrected chi connectivity index (χ4v) is 2.46. The zero-order chi connectivity index (χ0) is 15.0. The molecule has 0 fully saturated rings. The molecule has 0 unspecified atom stereocenters. The summed E-state index contributed by atoms with van der Waals surface area (Å²) >= 11 is 2.12. The summed E-state index contributed by atoms with van der Waals surface area (Å²) in [5, 5.41) is 4.88. The maximum absolute atomic E-state index is 12.5. The van der Waals surface area contributed by atoms with Gasteiger partial charge in [0, 0.05) is 9.77 Å². The van der Waals surface area contributed by atoms with Crippen LogP contribution in [0.4, 0.5) is 13.2 Å². The maximum Gasteiger partial charge on any atom is 0.573 e. The van der Waals surface area contributed by atoms with Crippen LogP contribution in [0, 0.1) is 3.57 Å². The Hall–Kier alpha value is -1.84. The van der Waals surface area contributed by atoms with E-state index < -0.39 is 6.36 Å². The molecule has 0 atom stereocenters. The third-order valence-electron chi connectivity index (χ3n) is 2.74. The van der Waals surface area contributed by atoms with Crippen LogP contribution < -0.4 is 4.74 Å². The molecule has 8 heteroatoms. The predicted octanol–water partition coefficient (Wildman–Crippen LogP) is 3.92. The summed E-state index contributed by atoms with van der Waals surface area (Å²) in [7, 11) is 0. The molecule has 1 aromatic carbocycles. The number of ether oxygens (including phenoxy) is 1. The lowest BCUT2D eigenvalue weighted by molar-refractivity contribution is -0.274. The van der Waals surface area contributed by atoms with Crippen molar-refractivity contribution in [1.82, 2.24) is 14.8 Å². The number of fused-ring (bicyclic) bond motifs is 1. The van der Waals surface area contributed by atoms with E-state index in [9.17, 15) is 13.2 Å². The van der Waals surface area contributed by atoms with Crippen molar-refractivity contribution in [1.29, 1.82) is 0 Å². The van der Waals surface area contributed by atoms with Crippen LogP contribution in [0.5, 0.6) is 5.75 Å². The topological polar surface area (TPSA) is 39.9 Å². The molecule has 0 N–H and O–H groups in total. The van der Waals surface area contributed by atoms with Gasteiger partial charge in [-0.2, -0.15) is 5.10 Å². The van der Waals surface area contributed by atoms with Gasteiger partial charge in [0.2, 0.25) is 0 Å². The van der Waals surface area contributed by atoms with Gasteiger partial charge in [0.05, 0.1) is 11.6 Å². The molecule has 0 saturated heterocycles. The lowest BCUT2D eigenvalue weighted by atomic mass is 10.3. The van der Waals surface area contributed by atoms with E-state index in [-0.39, 0.29) is 11.4 Å². The van der Waals surface area contributed by atoms with Crippen molar-refractivity contribution in [3.63, 3.8) is 0 Å². The minimum atomic E-state index is -4.76. The van der Waals surface area contributed by atoms with Crippen LogP contribution in [0.2, 0.25) is 0 Å². The Morgan fingerprint density at radius 1 is 1.14 bits per heavy atom. The van der Waals surface area contributed by atoms with Crippen molar-refractivity contribution >= 4 is 33.6 Å². The van der Waals surface area contributed by atoms with Gasteiger partial charge in [-0.15, -0.1) is 13.2 Å². The Bertz CT molecular complexity index is 801. The first-order chi connectivity index (χ1) is 9.96. The second-order valence-electron chi connectivity index (χ2n) is 4.10. The molecule has 0 radical (unpaired) electrons. The normalized spacial score (nSPS) is 11.8. The second kappa shape index (κ2) is 5.17. The quantitative estimate of drug-likeness (QED) is 0.607. The van der Waals surface area contributed by atoms with E-state index in [4.69, 9.17) is 0 Å². The molecule has 4 nitrogen and oxygen atoms in total. The monoisotopic (exact) mass is 405 g/mol. The minimum absolute atomic E-state index is 0.180. The van der Waals surface area contributed by atoms with Crippen molar-refractivity contribution in [3.05, 3.63) is 46.3 Å². The van der Waals surface area contributed by atoms with E-state index in [1.54, 1.807) is 24.5 Å². The number of benzene rings is 1. The molecule has 0 amide bonds. The number of alkyl halides is 3. The lowest BCUT2D eigenvalue weighted by Crippen LogP contribution is -2.18. The summed E-state index contributed by atoms with van der Waals surface area (Å²) in [6.45, 7) is 0. The largest absolute Gasteiger partial charge is 0.573 e. The molecular weight excluding hydrogens is 398 g/mol. The average molecular weight is 405 g/mol. The summed E-state index contributed by atoms with van der Waals surface area (Å²) in [4.78, 5) is 4.17. The highest BCUT2D eigenvalue weighted by Crippen LogP contribution is 2.30. The van der Waals surface area contributed by atoms with Crippen molar-refractivity contribution in [3.8, 4) is 11.4 Å². The van der Waals surface area contributed by atoms with Gasteiger partial charge in [-0.3, -0.25) is 0 Å². The van der Waals surface area contributed by atoms with Crippen LogP contribution in [0.1, 0.15) is 0 Å². The molecule has 0 saturated carbocycles. The molecule has 0 aliphatic carbocycles. The van der Waals surface area contributed by atoms with E-state index in [0.717, 1.165) is 8.96 Å². The Morgan fingerprint density at radius 3 is 2.67 bits per heavy atom. The molecule has 108 valence electrons. The van der Waals surface area contributed by atoms with Crippen LogP contribution >= 0.6 is 22.6 Å². The number of hydrogen-bond acceptors (Lipinski definition) is 3. The molecule has 0 bridgehead atoms. The van der Waals surface area contributed by atoms with Crippen LogP contribution in [0.25, 0.3) is 16.7 Å². The lowest BCUT2D eigenvalue weighted by Gasteiger charge is -2.13. The predicted molar refractivity (Wildman–Crippen MR) is 78.3 cm³/mol. The van der Waals surface area contributed by atoms with Crippen molar-refractivity contribution < 1.29 is 17.9 Å². The van der Waals surface area contributed by atoms with Crippen molar-refractivity contribution in [2.75, 3.05) is 0 Å². The SMILES string of the molecule is FC(F)(F)Oc1ccccc1-n1ncc2c(I)ccnc21. The van der Waals surface area contributed by atoms with Gasteiger partial charge in [0.15, 0.2) is 11.4 Å². The number of aromatic nitrogens is 3. The highest BCUT2D eigenvalue weighted by atomic mass is 127. The highest BCUT2D eigenvalue weighted by molar-refractivity contribution is 14.1. The van der Waals surface area contributed by atoms with Crippen molar-refractivity contribution in [2.24, 2.45) is 0 Å². The molecule has 2 aromatic heterocycles. The Morgan fingerprint density at radius 2 is 1.90 bits per heavy atom. The molecule has 21 heavy (non-hydrogen) atoms. The first-order valence-corrected chi connectivity index (χ1v) is 6.87. The standard InChI is InChI=1S/C13H7F3IN3O/c14-13(15,16)21-11-4-2-1-3-10(11)20-12-8(7-19-20)9(17)5-6-18-12/h1-7H. The van der Waals surface area contributed by atoms with Gasteiger partial charge in [-0.05, 0) is 40.8 Å². The summed E-state index contributed by atoms with van der Waals surface area (Å²) < 4.78 is 43.7. The van der Waals surface area contributed by atoms with Crippen molar-refractivity contribution in [2.45, 2.75) is 6.36 Å². The Kier molecular flexibility index (Phi) is 3.47. The number of hydrogen-bond donors (Lipinski definition) is 0. The van der Waals surface area contributed by atoms with Gasteiger partial charge in [-0.25, -0.2) is 9.67 Å². The van der Waals surface area contributed by atoms with Crippen LogP contribution in [-0.2, 0) is 0 Å². The molecule has 3 rings (SSSR count). The van der Waals surface area contributed by atoms with Gasteiger partial charge in [0.1, 0.15) is 5.69 Å². The number of rotatable bonds is 2. The molecule has 0 aliphatic rings. The fourth-order valence-electron chi connectivity index (χ4n) is 1.92. The molecule has 3 aromatic rings. The van der Waals surface area contributed by atoms with E-state index in [1.165, 1.54) is 22.9 Å². The molecule has 0 aliphatic heterocycles. The van der Waals surface area contributed by atoms with Gasteiger partial charge in [0.25, 0.3) is 0 Å². The van der Waals surface area contributed by atoms with E-state index >= 15 is 0 Å². The summed E-state index contributed by atoms with van der Waals surface area (Å²) in [5.41, 5.74) is 0.652. The molecule has 0 spiro atoms. The maximum atomic E-state index is 12.5. The highest BCUT2D eigenvalue weighted by Gasteiger charge is 2.32. The average Bonchev–Trinajstić information content (AvgIpc) is 2.83. The third kappa shape index (κ3) is 2.80. The van der Waals surface area contributed by atoms with Crippen LogP contribution in [-0.4, -0.2) is 21.1 Å². The Labute approximate surface area is 130 Å². The van der Waals surface area contributed by atoms with Gasteiger partial charge >= 0.3 is 6.36 Å². The molecular formula is C13H7F3IN3O. The van der Waals surface area contributed by atoms with E-state index in [1.807, 2.05) is 0 Å². The number of halogens is 4. The Balaban J connectivity index is 2.17. The number of para-hydroxylation sites is 2. The summed E-state index contributed by atoms with van der Waals surface area (Å²) in [6.07, 6.45) is -1.62. The van der Waals surface area contributed by atoms with E-state index in [0.29, 0.717) is 5.65 Å². The van der Waals surface area contributed by atoms with Crippen LogP contribution in [0.15, 0.2) is 42.7 Å². The first-order valence-electron chi connectivity index (χ1n) is 5.79. The van der Waals surface area contributed by atoms with E-state index in [2.05, 4.69) is 37.4 Å². The number of nitrogens with zero attached hydrogens (tertiary/aromatic N) is 3. The third-order valence-corrected chi connectivity index (χ3v) is 3.68. The number of pyridine rings is 1. The van der Waals surface area contributed by atoms with Gasteiger partial charge in [-0.1, -0.05) is 12.1 Å².